The summed E-state index contributed by atoms with van der Waals surface area (Å²) in [6.07, 6.45) is 4.49. The third-order valence-electron chi connectivity index (χ3n) is 5.28. The number of H-pyrrole nitrogens is 1. The van der Waals surface area contributed by atoms with Crippen molar-refractivity contribution in [1.29, 1.82) is 0 Å². The monoisotopic (exact) mass is 443 g/mol. The van der Waals surface area contributed by atoms with Crippen molar-refractivity contribution >= 4 is 27.8 Å². The highest BCUT2D eigenvalue weighted by Crippen LogP contribution is 2.22. The molecule has 0 saturated carbocycles. The lowest BCUT2D eigenvalue weighted by atomic mass is 10.2. The maximum absolute atomic E-state index is 13.9. The van der Waals surface area contributed by atoms with Gasteiger partial charge in [0.2, 0.25) is 0 Å². The third-order valence-corrected chi connectivity index (χ3v) is 5.28. The molecule has 5 rings (SSSR count). The average Bonchev–Trinajstić information content (AvgIpc) is 2.82. The van der Waals surface area contributed by atoms with Gasteiger partial charge in [-0.15, -0.1) is 0 Å². The summed E-state index contributed by atoms with van der Waals surface area (Å²) in [5, 5.41) is 3.66. The molecule has 0 aliphatic rings. The fourth-order valence-electron chi connectivity index (χ4n) is 3.73. The smallest absolute Gasteiger partial charge is 0.261 e. The molecule has 0 radical (unpaired) electrons. The van der Waals surface area contributed by atoms with Crippen LogP contribution in [0.4, 0.5) is 10.2 Å². The molecule has 0 aliphatic heterocycles. The van der Waals surface area contributed by atoms with Gasteiger partial charge in [0.25, 0.3) is 5.56 Å². The van der Waals surface area contributed by atoms with Crippen LogP contribution in [0.5, 0.6) is 0 Å². The van der Waals surface area contributed by atoms with E-state index in [9.17, 15) is 14.0 Å². The van der Waals surface area contributed by atoms with Crippen molar-refractivity contribution in [3.63, 3.8) is 0 Å². The molecule has 1 aromatic carbocycles. The molecular weight excluding hydrogens is 425 g/mol. The number of benzene rings is 1. The molecule has 5 aromatic rings. The lowest BCUT2D eigenvalue weighted by Crippen LogP contribution is -2.29. The second kappa shape index (κ2) is 8.23. The minimum absolute atomic E-state index is 0.144. The number of fused-ring (bicyclic) bond motifs is 2. The SMILES string of the molecule is C[C@H](Nc1ncnc2[nH]ccc(=O)c12)c1nc2ccc(F)cc2c(=O)n1Cc1ccccn1. The molecule has 0 aliphatic carbocycles. The molecule has 0 spiro atoms. The second-order valence-corrected chi connectivity index (χ2v) is 7.50. The van der Waals surface area contributed by atoms with E-state index in [1.807, 2.05) is 6.07 Å². The molecule has 1 atom stereocenters. The number of hydrogen-bond donors (Lipinski definition) is 2. The third kappa shape index (κ3) is 3.82. The summed E-state index contributed by atoms with van der Waals surface area (Å²) in [5.41, 5.74) is 0.772. The molecule has 0 fully saturated rings. The first kappa shape index (κ1) is 20.4. The quantitative estimate of drug-likeness (QED) is 0.429. The van der Waals surface area contributed by atoms with Gasteiger partial charge in [-0.1, -0.05) is 6.07 Å². The van der Waals surface area contributed by atoms with Crippen molar-refractivity contribution in [3.8, 4) is 0 Å². The van der Waals surface area contributed by atoms with Crippen LogP contribution in [0.25, 0.3) is 21.9 Å². The van der Waals surface area contributed by atoms with Crippen LogP contribution in [-0.4, -0.2) is 29.5 Å². The van der Waals surface area contributed by atoms with Crippen LogP contribution >= 0.6 is 0 Å². The minimum Gasteiger partial charge on any atom is -0.360 e. The van der Waals surface area contributed by atoms with Crippen LogP contribution in [0.3, 0.4) is 0 Å². The molecule has 0 saturated heterocycles. The maximum Gasteiger partial charge on any atom is 0.261 e. The number of anilines is 1. The summed E-state index contributed by atoms with van der Waals surface area (Å²) >= 11 is 0. The first-order valence-corrected chi connectivity index (χ1v) is 10.2. The summed E-state index contributed by atoms with van der Waals surface area (Å²) in [5.74, 6) is 0.187. The predicted octanol–water partition coefficient (Wildman–Crippen LogP) is 2.78. The largest absolute Gasteiger partial charge is 0.360 e. The highest BCUT2D eigenvalue weighted by molar-refractivity contribution is 5.85. The Labute approximate surface area is 186 Å². The van der Waals surface area contributed by atoms with E-state index in [0.717, 1.165) is 0 Å². The van der Waals surface area contributed by atoms with E-state index in [-0.39, 0.29) is 22.9 Å². The highest BCUT2D eigenvalue weighted by atomic mass is 19.1. The highest BCUT2D eigenvalue weighted by Gasteiger charge is 2.19. The van der Waals surface area contributed by atoms with Gasteiger partial charge in [0.05, 0.1) is 29.2 Å². The summed E-state index contributed by atoms with van der Waals surface area (Å²) in [4.78, 5) is 46.0. The number of hydrogen-bond acceptors (Lipinski definition) is 7. The van der Waals surface area contributed by atoms with Gasteiger partial charge in [-0.25, -0.2) is 19.3 Å². The standard InChI is InChI=1S/C23H18FN7O2/c1-13(29-21-19-18(32)7-9-26-20(19)27-12-28-21)22-30-17-6-5-14(24)10-16(17)23(33)31(22)11-15-4-2-3-8-25-15/h2-10,12-13H,11H2,1H3,(H2,26,27,28,29,32)/t13-/m0/s1. The Balaban J connectivity index is 1.65. The Bertz CT molecular complexity index is 1590. The molecule has 0 amide bonds. The van der Waals surface area contributed by atoms with Crippen molar-refractivity contribution in [2.45, 2.75) is 19.5 Å². The van der Waals surface area contributed by atoms with Gasteiger partial charge in [0.15, 0.2) is 5.43 Å². The summed E-state index contributed by atoms with van der Waals surface area (Å²) in [7, 11) is 0. The number of aromatic nitrogens is 6. The molecule has 0 bridgehead atoms. The molecule has 9 nitrogen and oxygen atoms in total. The fourth-order valence-corrected chi connectivity index (χ4v) is 3.73. The first-order chi connectivity index (χ1) is 16.0. The van der Waals surface area contributed by atoms with Crippen LogP contribution in [0.1, 0.15) is 24.5 Å². The van der Waals surface area contributed by atoms with E-state index in [4.69, 9.17) is 0 Å². The van der Waals surface area contributed by atoms with Crippen molar-refractivity contribution in [3.05, 3.63) is 99.1 Å². The second-order valence-electron chi connectivity index (χ2n) is 7.50. The van der Waals surface area contributed by atoms with Crippen molar-refractivity contribution in [1.82, 2.24) is 29.5 Å². The zero-order chi connectivity index (χ0) is 22.9. The van der Waals surface area contributed by atoms with E-state index in [1.165, 1.54) is 41.4 Å². The first-order valence-electron chi connectivity index (χ1n) is 10.2. The Morgan fingerprint density at radius 3 is 2.82 bits per heavy atom. The number of halogens is 1. The number of rotatable bonds is 5. The van der Waals surface area contributed by atoms with Crippen molar-refractivity contribution in [2.75, 3.05) is 5.32 Å². The van der Waals surface area contributed by atoms with E-state index >= 15 is 0 Å². The molecule has 4 heterocycles. The topological polar surface area (TPSA) is 118 Å². The Hall–Kier alpha value is -4.47. The molecule has 164 valence electrons. The van der Waals surface area contributed by atoms with Gasteiger partial charge in [-0.3, -0.25) is 19.1 Å². The van der Waals surface area contributed by atoms with Crippen LogP contribution in [-0.2, 0) is 6.54 Å². The molecule has 10 heteroatoms. The molecule has 2 N–H and O–H groups in total. The predicted molar refractivity (Wildman–Crippen MR) is 121 cm³/mol. The fraction of sp³-hybridized carbons (Fsp3) is 0.130. The van der Waals surface area contributed by atoms with Crippen molar-refractivity contribution < 1.29 is 4.39 Å². The van der Waals surface area contributed by atoms with Gasteiger partial charge >= 0.3 is 0 Å². The van der Waals surface area contributed by atoms with Crippen LogP contribution < -0.4 is 16.3 Å². The van der Waals surface area contributed by atoms with E-state index in [2.05, 4.69) is 30.2 Å². The minimum atomic E-state index is -0.534. The van der Waals surface area contributed by atoms with Gasteiger partial charge in [0, 0.05) is 18.5 Å². The lowest BCUT2D eigenvalue weighted by Gasteiger charge is -2.20. The van der Waals surface area contributed by atoms with E-state index in [1.54, 1.807) is 25.3 Å². The van der Waals surface area contributed by atoms with Gasteiger partial charge in [-0.05, 0) is 37.3 Å². The zero-order valence-corrected chi connectivity index (χ0v) is 17.5. The normalized spacial score (nSPS) is 12.2. The maximum atomic E-state index is 13.9. The summed E-state index contributed by atoms with van der Waals surface area (Å²) in [6.45, 7) is 1.95. The number of nitrogens with zero attached hydrogens (tertiary/aromatic N) is 5. The van der Waals surface area contributed by atoms with Crippen LogP contribution in [0, 0.1) is 5.82 Å². The number of nitrogens with one attached hydrogen (secondary N) is 2. The lowest BCUT2D eigenvalue weighted by molar-refractivity contribution is 0.621. The zero-order valence-electron chi connectivity index (χ0n) is 17.5. The molecule has 33 heavy (non-hydrogen) atoms. The van der Waals surface area contributed by atoms with Crippen LogP contribution in [0.2, 0.25) is 0 Å². The summed E-state index contributed by atoms with van der Waals surface area (Å²) < 4.78 is 15.3. The molecule has 4 aromatic heterocycles. The molecule has 0 unspecified atom stereocenters. The Morgan fingerprint density at radius 2 is 2.00 bits per heavy atom. The number of aromatic amines is 1. The number of pyridine rings is 2. The van der Waals surface area contributed by atoms with Gasteiger partial charge in [0.1, 0.15) is 34.8 Å². The Morgan fingerprint density at radius 1 is 1.12 bits per heavy atom. The van der Waals surface area contributed by atoms with Gasteiger partial charge < -0.3 is 10.3 Å². The molecular formula is C23H18FN7O2. The summed E-state index contributed by atoms with van der Waals surface area (Å²) in [6, 6.07) is 10.2. The van der Waals surface area contributed by atoms with E-state index < -0.39 is 11.9 Å². The van der Waals surface area contributed by atoms with Gasteiger partial charge in [-0.2, -0.15) is 0 Å². The van der Waals surface area contributed by atoms with Crippen LogP contribution in [0.15, 0.2) is 70.8 Å². The average molecular weight is 443 g/mol. The Kier molecular flexibility index (Phi) is 5.09. The van der Waals surface area contributed by atoms with E-state index in [0.29, 0.717) is 33.9 Å². The van der Waals surface area contributed by atoms with Crippen molar-refractivity contribution in [2.24, 2.45) is 0 Å².